The van der Waals surface area contributed by atoms with E-state index in [1.54, 1.807) is 12.4 Å². The number of amides is 1. The summed E-state index contributed by atoms with van der Waals surface area (Å²) in [5, 5.41) is 0. The van der Waals surface area contributed by atoms with Crippen LogP contribution in [0, 0.1) is 13.8 Å². The molecule has 0 saturated heterocycles. The number of aromatic nitrogens is 1. The van der Waals surface area contributed by atoms with E-state index in [0.717, 1.165) is 24.8 Å². The minimum absolute atomic E-state index is 0.268. The quantitative estimate of drug-likeness (QED) is 0.812. The van der Waals surface area contributed by atoms with Gasteiger partial charge in [-0.15, -0.1) is 0 Å². The second-order valence-corrected chi connectivity index (χ2v) is 6.54. The van der Waals surface area contributed by atoms with Crippen molar-refractivity contribution in [3.8, 4) is 0 Å². The Kier molecular flexibility index (Phi) is 4.75. The van der Waals surface area contributed by atoms with Crippen LogP contribution in [0.1, 0.15) is 41.5 Å². The molecular formula is C20H24N2O. The van der Waals surface area contributed by atoms with Gasteiger partial charge in [-0.3, -0.25) is 9.78 Å². The predicted octanol–water partition coefficient (Wildman–Crippen LogP) is 3.82. The van der Waals surface area contributed by atoms with Gasteiger partial charge in [-0.25, -0.2) is 0 Å². The molecule has 120 valence electrons. The van der Waals surface area contributed by atoms with Crippen LogP contribution in [-0.4, -0.2) is 21.8 Å². The maximum Gasteiger partial charge on any atom is 0.223 e. The molecule has 0 unspecified atom stereocenters. The Hall–Kier alpha value is -2.16. The highest BCUT2D eigenvalue weighted by Crippen LogP contribution is 2.29. The molecule has 0 N–H and O–H groups in total. The Bertz CT molecular complexity index is 677. The molecule has 3 heteroatoms. The number of nitrogens with zero attached hydrogens (tertiary/aromatic N) is 2. The van der Waals surface area contributed by atoms with E-state index in [-0.39, 0.29) is 5.91 Å². The van der Waals surface area contributed by atoms with Crippen molar-refractivity contribution in [1.82, 2.24) is 9.88 Å². The lowest BCUT2D eigenvalue weighted by atomic mass is 10.0. The van der Waals surface area contributed by atoms with Gasteiger partial charge in [-0.2, -0.15) is 0 Å². The van der Waals surface area contributed by atoms with Crippen LogP contribution < -0.4 is 0 Å². The van der Waals surface area contributed by atoms with E-state index < -0.39 is 0 Å². The summed E-state index contributed by atoms with van der Waals surface area (Å²) >= 11 is 0. The molecule has 0 aliphatic heterocycles. The van der Waals surface area contributed by atoms with Crippen LogP contribution in [-0.2, 0) is 17.8 Å². The van der Waals surface area contributed by atoms with Crippen molar-refractivity contribution >= 4 is 5.91 Å². The number of pyridine rings is 1. The third-order valence-corrected chi connectivity index (χ3v) is 4.52. The first-order valence-electron chi connectivity index (χ1n) is 8.38. The zero-order valence-electron chi connectivity index (χ0n) is 14.0. The number of carbonyl (C=O) groups is 1. The van der Waals surface area contributed by atoms with Gasteiger partial charge in [-0.1, -0.05) is 23.8 Å². The van der Waals surface area contributed by atoms with Crippen LogP contribution >= 0.6 is 0 Å². The van der Waals surface area contributed by atoms with Crippen molar-refractivity contribution in [3.63, 3.8) is 0 Å². The standard InChI is InChI=1S/C20H24N2O/c1-15-3-4-18(16(2)13-15)5-8-20(23)22(19-6-7-19)14-17-9-11-21-12-10-17/h3-4,9-13,19H,5-8,14H2,1-2H3. The summed E-state index contributed by atoms with van der Waals surface area (Å²) in [6, 6.07) is 10.9. The van der Waals surface area contributed by atoms with Gasteiger partial charge in [0.05, 0.1) is 0 Å². The molecule has 0 spiro atoms. The Morgan fingerprint density at radius 3 is 2.57 bits per heavy atom. The Morgan fingerprint density at radius 1 is 1.17 bits per heavy atom. The van der Waals surface area contributed by atoms with Gasteiger partial charge in [-0.05, 0) is 61.9 Å². The van der Waals surface area contributed by atoms with E-state index in [0.29, 0.717) is 19.0 Å². The summed E-state index contributed by atoms with van der Waals surface area (Å²) in [5.41, 5.74) is 5.00. The molecular weight excluding hydrogens is 284 g/mol. The number of aryl methyl sites for hydroxylation is 3. The van der Waals surface area contributed by atoms with Gasteiger partial charge in [0.15, 0.2) is 0 Å². The van der Waals surface area contributed by atoms with Crippen LogP contribution in [0.25, 0.3) is 0 Å². The topological polar surface area (TPSA) is 33.2 Å². The first kappa shape index (κ1) is 15.7. The highest BCUT2D eigenvalue weighted by atomic mass is 16.2. The molecule has 1 aromatic heterocycles. The second-order valence-electron chi connectivity index (χ2n) is 6.54. The van der Waals surface area contributed by atoms with E-state index in [9.17, 15) is 4.79 Å². The van der Waals surface area contributed by atoms with E-state index in [2.05, 4.69) is 41.9 Å². The number of hydrogen-bond acceptors (Lipinski definition) is 2. The Morgan fingerprint density at radius 2 is 1.91 bits per heavy atom. The van der Waals surface area contributed by atoms with Gasteiger partial charge < -0.3 is 4.90 Å². The van der Waals surface area contributed by atoms with Crippen LogP contribution in [0.3, 0.4) is 0 Å². The van der Waals surface area contributed by atoms with Crippen LogP contribution in [0.5, 0.6) is 0 Å². The van der Waals surface area contributed by atoms with E-state index in [1.165, 1.54) is 16.7 Å². The van der Waals surface area contributed by atoms with Gasteiger partial charge >= 0.3 is 0 Å². The van der Waals surface area contributed by atoms with E-state index >= 15 is 0 Å². The highest BCUT2D eigenvalue weighted by Gasteiger charge is 2.32. The van der Waals surface area contributed by atoms with Crippen molar-refractivity contribution in [2.24, 2.45) is 0 Å². The first-order chi connectivity index (χ1) is 11.1. The fraction of sp³-hybridized carbons (Fsp3) is 0.400. The summed E-state index contributed by atoms with van der Waals surface area (Å²) in [6.07, 6.45) is 7.28. The minimum atomic E-state index is 0.268. The molecule has 3 rings (SSSR count). The van der Waals surface area contributed by atoms with Gasteiger partial charge in [0, 0.05) is 31.4 Å². The van der Waals surface area contributed by atoms with E-state index in [4.69, 9.17) is 0 Å². The third kappa shape index (κ3) is 4.19. The second kappa shape index (κ2) is 6.95. The summed E-state index contributed by atoms with van der Waals surface area (Å²) in [6.45, 7) is 4.94. The molecule has 1 saturated carbocycles. The lowest BCUT2D eigenvalue weighted by molar-refractivity contribution is -0.132. The molecule has 0 bridgehead atoms. The summed E-state index contributed by atoms with van der Waals surface area (Å²) < 4.78 is 0. The predicted molar refractivity (Wildman–Crippen MR) is 92.0 cm³/mol. The molecule has 1 amide bonds. The third-order valence-electron chi connectivity index (χ3n) is 4.52. The molecule has 23 heavy (non-hydrogen) atoms. The summed E-state index contributed by atoms with van der Waals surface area (Å²) in [4.78, 5) is 18.8. The average Bonchev–Trinajstić information content (AvgIpc) is 3.37. The maximum atomic E-state index is 12.7. The molecule has 0 atom stereocenters. The molecule has 3 nitrogen and oxygen atoms in total. The highest BCUT2D eigenvalue weighted by molar-refractivity contribution is 5.77. The lowest BCUT2D eigenvalue weighted by Crippen LogP contribution is -2.32. The minimum Gasteiger partial charge on any atom is -0.335 e. The molecule has 1 fully saturated rings. The maximum absolute atomic E-state index is 12.7. The van der Waals surface area contributed by atoms with Crippen molar-refractivity contribution in [3.05, 3.63) is 65.0 Å². The Balaban J connectivity index is 1.62. The van der Waals surface area contributed by atoms with Gasteiger partial charge in [0.1, 0.15) is 0 Å². The zero-order chi connectivity index (χ0) is 16.2. The van der Waals surface area contributed by atoms with Crippen LogP contribution in [0.2, 0.25) is 0 Å². The molecule has 0 radical (unpaired) electrons. The molecule has 2 aromatic rings. The van der Waals surface area contributed by atoms with Crippen LogP contribution in [0.4, 0.5) is 0 Å². The van der Waals surface area contributed by atoms with Crippen molar-refractivity contribution < 1.29 is 4.79 Å². The molecule has 1 aromatic carbocycles. The number of benzene rings is 1. The zero-order valence-corrected chi connectivity index (χ0v) is 14.0. The Labute approximate surface area is 138 Å². The molecule has 1 aliphatic carbocycles. The van der Waals surface area contributed by atoms with Crippen LogP contribution in [0.15, 0.2) is 42.7 Å². The van der Waals surface area contributed by atoms with E-state index in [1.807, 2.05) is 12.1 Å². The molecule has 1 heterocycles. The lowest BCUT2D eigenvalue weighted by Gasteiger charge is -2.23. The number of rotatable bonds is 6. The number of hydrogen-bond donors (Lipinski definition) is 0. The largest absolute Gasteiger partial charge is 0.335 e. The first-order valence-corrected chi connectivity index (χ1v) is 8.38. The van der Waals surface area contributed by atoms with Crippen molar-refractivity contribution in [2.75, 3.05) is 0 Å². The van der Waals surface area contributed by atoms with Gasteiger partial charge in [0.2, 0.25) is 5.91 Å². The normalized spacial score (nSPS) is 13.8. The fourth-order valence-electron chi connectivity index (χ4n) is 3.00. The molecule has 1 aliphatic rings. The SMILES string of the molecule is Cc1ccc(CCC(=O)N(Cc2ccncc2)C2CC2)c(C)c1. The summed E-state index contributed by atoms with van der Waals surface area (Å²) in [7, 11) is 0. The monoisotopic (exact) mass is 308 g/mol. The number of carbonyl (C=O) groups excluding carboxylic acids is 1. The van der Waals surface area contributed by atoms with Gasteiger partial charge in [0.25, 0.3) is 0 Å². The smallest absolute Gasteiger partial charge is 0.223 e. The average molecular weight is 308 g/mol. The van der Waals surface area contributed by atoms with Crippen molar-refractivity contribution in [1.29, 1.82) is 0 Å². The fourth-order valence-corrected chi connectivity index (χ4v) is 3.00. The van der Waals surface area contributed by atoms with Crippen molar-refractivity contribution in [2.45, 2.75) is 52.1 Å². The summed E-state index contributed by atoms with van der Waals surface area (Å²) in [5.74, 6) is 0.268.